The molecule has 2 fully saturated rings. The van der Waals surface area contributed by atoms with E-state index in [-0.39, 0.29) is 17.9 Å². The highest BCUT2D eigenvalue weighted by Crippen LogP contribution is 2.21. The van der Waals surface area contributed by atoms with Crippen molar-refractivity contribution in [2.75, 3.05) is 39.8 Å². The Morgan fingerprint density at radius 1 is 1.38 bits per heavy atom. The largest absolute Gasteiger partial charge is 0.481 e. The van der Waals surface area contributed by atoms with Gasteiger partial charge in [0.25, 0.3) is 0 Å². The average Bonchev–Trinajstić information content (AvgIpc) is 2.78. The fraction of sp³-hybridized carbons (Fsp3) is 0.857. The van der Waals surface area contributed by atoms with Crippen molar-refractivity contribution < 1.29 is 14.7 Å². The summed E-state index contributed by atoms with van der Waals surface area (Å²) in [6.07, 6.45) is 2.52. The van der Waals surface area contributed by atoms with E-state index in [1.54, 1.807) is 0 Å². The van der Waals surface area contributed by atoms with Crippen molar-refractivity contribution in [3.8, 4) is 0 Å². The summed E-state index contributed by atoms with van der Waals surface area (Å²) in [5, 5.41) is 12.0. The minimum Gasteiger partial charge on any atom is -0.481 e. The number of halogens is 1. The molecule has 0 aromatic carbocycles. The number of amides is 1. The summed E-state index contributed by atoms with van der Waals surface area (Å²) in [7, 11) is 1.97. The summed E-state index contributed by atoms with van der Waals surface area (Å²) < 4.78 is 0. The fourth-order valence-electron chi connectivity index (χ4n) is 3.16. The van der Waals surface area contributed by atoms with Crippen LogP contribution in [0, 0.1) is 5.92 Å². The number of carboxylic acids is 1. The Balaban J connectivity index is 1.69. The molecule has 120 valence electrons. The van der Waals surface area contributed by atoms with Crippen LogP contribution < -0.4 is 5.32 Å². The molecule has 0 aromatic rings. The van der Waals surface area contributed by atoms with Gasteiger partial charge in [0, 0.05) is 31.0 Å². The number of hydrogen-bond acceptors (Lipinski definition) is 4. The summed E-state index contributed by atoms with van der Waals surface area (Å²) >= 11 is 3.55. The predicted octanol–water partition coefficient (Wildman–Crippen LogP) is 0.367. The first-order valence-electron chi connectivity index (χ1n) is 7.54. The van der Waals surface area contributed by atoms with Gasteiger partial charge in [-0.1, -0.05) is 15.9 Å². The van der Waals surface area contributed by atoms with Gasteiger partial charge in [-0.15, -0.1) is 0 Å². The minimum atomic E-state index is -0.709. The number of rotatable bonds is 5. The molecule has 2 N–H and O–H groups in total. The van der Waals surface area contributed by atoms with Crippen LogP contribution in [0.1, 0.15) is 19.3 Å². The Bertz CT molecular complexity index is 394. The number of hydrogen-bond donors (Lipinski definition) is 2. The molecule has 2 saturated heterocycles. The van der Waals surface area contributed by atoms with Crippen LogP contribution in [0.3, 0.4) is 0 Å². The van der Waals surface area contributed by atoms with Crippen LogP contribution in [0.25, 0.3) is 0 Å². The van der Waals surface area contributed by atoms with Gasteiger partial charge >= 0.3 is 5.97 Å². The second-order valence-electron chi connectivity index (χ2n) is 6.06. The van der Waals surface area contributed by atoms with Crippen LogP contribution >= 0.6 is 15.9 Å². The number of carboxylic acid groups (broad SMARTS) is 1. The van der Waals surface area contributed by atoms with Gasteiger partial charge in [-0.2, -0.15) is 0 Å². The molecular weight excluding hydrogens is 338 g/mol. The second kappa shape index (κ2) is 7.56. The molecule has 0 spiro atoms. The first kappa shape index (κ1) is 16.7. The van der Waals surface area contributed by atoms with E-state index in [2.05, 4.69) is 31.0 Å². The van der Waals surface area contributed by atoms with E-state index in [0.29, 0.717) is 17.9 Å². The Morgan fingerprint density at radius 3 is 2.76 bits per heavy atom. The lowest BCUT2D eigenvalue weighted by atomic mass is 9.98. The minimum absolute atomic E-state index is 0.0532. The molecule has 0 aromatic heterocycles. The van der Waals surface area contributed by atoms with Crippen molar-refractivity contribution in [2.24, 2.45) is 5.92 Å². The normalized spacial score (nSPS) is 31.2. The smallest absolute Gasteiger partial charge is 0.307 e. The number of likely N-dealkylation sites (tertiary alicyclic amines) is 2. The van der Waals surface area contributed by atoms with Crippen LogP contribution in [-0.4, -0.2) is 77.4 Å². The number of likely N-dealkylation sites (N-methyl/N-ethyl adjacent to an activating group) is 1. The molecule has 0 radical (unpaired) electrons. The molecule has 1 amide bonds. The molecular formula is C14H24BrN3O3. The molecule has 3 atom stereocenters. The van der Waals surface area contributed by atoms with Crippen molar-refractivity contribution in [3.05, 3.63) is 0 Å². The van der Waals surface area contributed by atoms with Gasteiger partial charge in [0.1, 0.15) is 0 Å². The van der Waals surface area contributed by atoms with E-state index in [1.807, 2.05) is 7.05 Å². The van der Waals surface area contributed by atoms with Crippen molar-refractivity contribution in [2.45, 2.75) is 30.1 Å². The summed E-state index contributed by atoms with van der Waals surface area (Å²) in [5.74, 6) is -0.893. The maximum atomic E-state index is 12.1. The van der Waals surface area contributed by atoms with E-state index in [0.717, 1.165) is 38.9 Å². The molecule has 2 aliphatic heterocycles. The lowest BCUT2D eigenvalue weighted by Gasteiger charge is -2.30. The fourth-order valence-corrected chi connectivity index (χ4v) is 3.97. The molecule has 3 unspecified atom stereocenters. The highest BCUT2D eigenvalue weighted by molar-refractivity contribution is 9.09. The van der Waals surface area contributed by atoms with Crippen LogP contribution in [0.4, 0.5) is 0 Å². The number of nitrogens with one attached hydrogen (secondary N) is 1. The number of carbonyl (C=O) groups is 2. The zero-order chi connectivity index (χ0) is 15.4. The van der Waals surface area contributed by atoms with Gasteiger partial charge in [0.2, 0.25) is 5.91 Å². The van der Waals surface area contributed by atoms with E-state index >= 15 is 0 Å². The number of nitrogens with zero attached hydrogens (tertiary/aromatic N) is 2. The quantitative estimate of drug-likeness (QED) is 0.692. The summed E-state index contributed by atoms with van der Waals surface area (Å²) in [5.41, 5.74) is 0. The van der Waals surface area contributed by atoms with Crippen LogP contribution in [0.2, 0.25) is 0 Å². The van der Waals surface area contributed by atoms with Gasteiger partial charge in [-0.05, 0) is 32.9 Å². The van der Waals surface area contributed by atoms with Crippen LogP contribution in [-0.2, 0) is 9.59 Å². The topological polar surface area (TPSA) is 72.9 Å². The van der Waals surface area contributed by atoms with Crippen molar-refractivity contribution in [1.29, 1.82) is 0 Å². The van der Waals surface area contributed by atoms with Crippen molar-refractivity contribution in [3.63, 3.8) is 0 Å². The van der Waals surface area contributed by atoms with Gasteiger partial charge < -0.3 is 15.3 Å². The Kier molecular flexibility index (Phi) is 6.01. The van der Waals surface area contributed by atoms with Gasteiger partial charge in [0.15, 0.2) is 0 Å². The van der Waals surface area contributed by atoms with Gasteiger partial charge in [-0.25, -0.2) is 0 Å². The Hall–Kier alpha value is -0.660. The third kappa shape index (κ3) is 4.66. The number of carbonyl (C=O) groups excluding carboxylic acids is 1. The lowest BCUT2D eigenvalue weighted by Crippen LogP contribution is -2.46. The zero-order valence-corrected chi connectivity index (χ0v) is 14.0. The third-order valence-electron chi connectivity index (χ3n) is 4.38. The molecule has 0 bridgehead atoms. The second-order valence-corrected chi connectivity index (χ2v) is 7.35. The number of piperidine rings is 1. The molecule has 6 nitrogen and oxygen atoms in total. The number of alkyl halides is 1. The summed E-state index contributed by atoms with van der Waals surface area (Å²) in [6.45, 7) is 3.72. The Morgan fingerprint density at radius 2 is 2.14 bits per heavy atom. The maximum Gasteiger partial charge on any atom is 0.307 e. The molecule has 0 aliphatic carbocycles. The van der Waals surface area contributed by atoms with Crippen molar-refractivity contribution in [1.82, 2.24) is 15.1 Å². The molecule has 7 heteroatoms. The predicted molar refractivity (Wildman–Crippen MR) is 83.6 cm³/mol. The SMILES string of the molecule is CN1CC(Br)CC1C(=O)NCCN1CCCC(C(=O)O)C1. The molecule has 2 heterocycles. The Labute approximate surface area is 134 Å². The van der Waals surface area contributed by atoms with E-state index in [1.165, 1.54) is 0 Å². The standard InChI is InChI=1S/C14H24BrN3O3/c1-17-9-11(15)7-12(17)13(19)16-4-6-18-5-2-3-10(8-18)14(20)21/h10-12H,2-9H2,1H3,(H,16,19)(H,20,21). The van der Waals surface area contributed by atoms with Crippen molar-refractivity contribution >= 4 is 27.8 Å². The third-order valence-corrected chi connectivity index (χ3v) is 5.05. The summed E-state index contributed by atoms with van der Waals surface area (Å²) in [4.78, 5) is 27.7. The van der Waals surface area contributed by atoms with E-state index in [4.69, 9.17) is 5.11 Å². The van der Waals surface area contributed by atoms with Gasteiger partial charge in [-0.3, -0.25) is 14.5 Å². The average molecular weight is 362 g/mol. The van der Waals surface area contributed by atoms with Gasteiger partial charge in [0.05, 0.1) is 12.0 Å². The first-order chi connectivity index (χ1) is 9.97. The van der Waals surface area contributed by atoms with Crippen LogP contribution in [0.15, 0.2) is 0 Å². The zero-order valence-electron chi connectivity index (χ0n) is 12.4. The lowest BCUT2D eigenvalue weighted by molar-refractivity contribution is -0.143. The molecule has 2 aliphatic rings. The highest BCUT2D eigenvalue weighted by Gasteiger charge is 2.33. The molecule has 21 heavy (non-hydrogen) atoms. The maximum absolute atomic E-state index is 12.1. The van der Waals surface area contributed by atoms with E-state index < -0.39 is 5.97 Å². The summed E-state index contributed by atoms with van der Waals surface area (Å²) in [6, 6.07) is -0.0532. The van der Waals surface area contributed by atoms with Crippen LogP contribution in [0.5, 0.6) is 0 Å². The number of aliphatic carboxylic acids is 1. The van der Waals surface area contributed by atoms with E-state index in [9.17, 15) is 9.59 Å². The first-order valence-corrected chi connectivity index (χ1v) is 8.46. The molecule has 2 rings (SSSR count). The molecule has 0 saturated carbocycles. The monoisotopic (exact) mass is 361 g/mol. The highest BCUT2D eigenvalue weighted by atomic mass is 79.9.